The van der Waals surface area contributed by atoms with E-state index in [1.54, 1.807) is 0 Å². The molecule has 0 heterocycles. The SMILES string of the molecule is C=C(Cl)C(=CC)CSC(=N)N. The molecule has 0 fully saturated rings. The molecule has 0 rings (SSSR count). The van der Waals surface area contributed by atoms with Crippen molar-refractivity contribution in [1.82, 2.24) is 0 Å². The summed E-state index contributed by atoms with van der Waals surface area (Å²) in [5, 5.41) is 7.56. The highest BCUT2D eigenvalue weighted by Gasteiger charge is 1.99. The van der Waals surface area contributed by atoms with Gasteiger partial charge in [-0.05, 0) is 12.5 Å². The summed E-state index contributed by atoms with van der Waals surface area (Å²) in [6, 6.07) is 0. The second kappa shape index (κ2) is 5.27. The lowest BCUT2D eigenvalue weighted by Gasteiger charge is -2.01. The van der Waals surface area contributed by atoms with Crippen LogP contribution in [-0.4, -0.2) is 10.9 Å². The smallest absolute Gasteiger partial charge is 0.151 e. The predicted octanol–water partition coefficient (Wildman–Crippen LogP) is 2.31. The third-order valence-corrected chi connectivity index (χ3v) is 2.09. The number of hydrogen-bond acceptors (Lipinski definition) is 2. The average Bonchev–Trinajstić information content (AvgIpc) is 1.87. The monoisotopic (exact) mass is 190 g/mol. The van der Waals surface area contributed by atoms with Gasteiger partial charge in [-0.2, -0.15) is 0 Å². The van der Waals surface area contributed by atoms with E-state index >= 15 is 0 Å². The summed E-state index contributed by atoms with van der Waals surface area (Å²) in [5.41, 5.74) is 6.06. The van der Waals surface area contributed by atoms with Crippen molar-refractivity contribution in [3.05, 3.63) is 23.3 Å². The molecule has 0 unspecified atom stereocenters. The molecule has 0 aromatic heterocycles. The molecule has 0 aliphatic heterocycles. The van der Waals surface area contributed by atoms with Crippen molar-refractivity contribution in [2.45, 2.75) is 6.92 Å². The Morgan fingerprint density at radius 2 is 2.36 bits per heavy atom. The topological polar surface area (TPSA) is 49.9 Å². The Morgan fingerprint density at radius 3 is 2.64 bits per heavy atom. The molecule has 2 nitrogen and oxygen atoms in total. The summed E-state index contributed by atoms with van der Waals surface area (Å²) >= 11 is 6.88. The second-order valence-corrected chi connectivity index (χ2v) is 3.35. The molecule has 3 N–H and O–H groups in total. The molecule has 62 valence electrons. The van der Waals surface area contributed by atoms with Gasteiger partial charge in [-0.3, -0.25) is 5.41 Å². The first-order valence-electron chi connectivity index (χ1n) is 3.04. The zero-order valence-corrected chi connectivity index (χ0v) is 7.93. The van der Waals surface area contributed by atoms with E-state index in [1.807, 2.05) is 13.0 Å². The number of allylic oxidation sites excluding steroid dienone is 2. The molecule has 0 saturated carbocycles. The number of hydrogen-bond donors (Lipinski definition) is 2. The molecule has 0 aliphatic rings. The second-order valence-electron chi connectivity index (χ2n) is 1.87. The first kappa shape index (κ1) is 10.6. The van der Waals surface area contributed by atoms with Gasteiger partial charge >= 0.3 is 0 Å². The zero-order chi connectivity index (χ0) is 8.85. The quantitative estimate of drug-likeness (QED) is 0.408. The molecule has 0 amide bonds. The van der Waals surface area contributed by atoms with E-state index in [9.17, 15) is 0 Å². The first-order chi connectivity index (χ1) is 5.07. The molecular weight excluding hydrogens is 180 g/mol. The van der Waals surface area contributed by atoms with Crippen molar-refractivity contribution in [3.63, 3.8) is 0 Å². The van der Waals surface area contributed by atoms with Gasteiger partial charge in [-0.25, -0.2) is 0 Å². The summed E-state index contributed by atoms with van der Waals surface area (Å²) in [4.78, 5) is 0. The number of rotatable bonds is 3. The fourth-order valence-corrected chi connectivity index (χ4v) is 1.38. The van der Waals surface area contributed by atoms with Crippen molar-refractivity contribution in [2.24, 2.45) is 5.73 Å². The number of nitrogens with two attached hydrogens (primary N) is 1. The Balaban J connectivity index is 3.92. The maximum Gasteiger partial charge on any atom is 0.151 e. The molecule has 0 atom stereocenters. The van der Waals surface area contributed by atoms with Crippen LogP contribution in [-0.2, 0) is 0 Å². The fourth-order valence-electron chi connectivity index (χ4n) is 0.474. The highest BCUT2D eigenvalue weighted by atomic mass is 35.5. The highest BCUT2D eigenvalue weighted by molar-refractivity contribution is 8.13. The van der Waals surface area contributed by atoms with E-state index in [0.29, 0.717) is 10.8 Å². The minimum atomic E-state index is 0.0993. The average molecular weight is 191 g/mol. The van der Waals surface area contributed by atoms with Gasteiger partial charge in [0.15, 0.2) is 5.17 Å². The van der Waals surface area contributed by atoms with Gasteiger partial charge < -0.3 is 5.73 Å². The number of amidine groups is 1. The van der Waals surface area contributed by atoms with E-state index < -0.39 is 0 Å². The normalized spacial score (nSPS) is 11.3. The van der Waals surface area contributed by atoms with Crippen LogP contribution < -0.4 is 5.73 Å². The highest BCUT2D eigenvalue weighted by Crippen LogP contribution is 2.17. The van der Waals surface area contributed by atoms with Crippen LogP contribution in [0.5, 0.6) is 0 Å². The van der Waals surface area contributed by atoms with E-state index in [-0.39, 0.29) is 5.17 Å². The van der Waals surface area contributed by atoms with Crippen LogP contribution in [0, 0.1) is 5.41 Å². The van der Waals surface area contributed by atoms with Gasteiger partial charge in [0.05, 0.1) is 0 Å². The molecule has 4 heteroatoms. The molecule has 0 aromatic carbocycles. The maximum absolute atomic E-state index is 6.94. The molecular formula is C7H11ClN2S. The molecule has 0 aliphatic carbocycles. The van der Waals surface area contributed by atoms with Crippen LogP contribution in [0.3, 0.4) is 0 Å². The fraction of sp³-hybridized carbons (Fsp3) is 0.286. The van der Waals surface area contributed by atoms with Gasteiger partial charge in [0.1, 0.15) is 0 Å². The van der Waals surface area contributed by atoms with Crippen molar-refractivity contribution >= 4 is 28.5 Å². The van der Waals surface area contributed by atoms with Gasteiger partial charge in [0.2, 0.25) is 0 Å². The Morgan fingerprint density at radius 1 is 1.82 bits per heavy atom. The predicted molar refractivity (Wildman–Crippen MR) is 53.1 cm³/mol. The lowest BCUT2D eigenvalue weighted by Crippen LogP contribution is -2.05. The maximum atomic E-state index is 6.94. The number of nitrogens with one attached hydrogen (secondary N) is 1. The molecule has 11 heavy (non-hydrogen) atoms. The van der Waals surface area contributed by atoms with Crippen molar-refractivity contribution < 1.29 is 0 Å². The number of halogens is 1. The van der Waals surface area contributed by atoms with Crippen molar-refractivity contribution in [2.75, 3.05) is 5.75 Å². The zero-order valence-electron chi connectivity index (χ0n) is 6.36. The molecule has 0 spiro atoms. The van der Waals surface area contributed by atoms with E-state index in [1.165, 1.54) is 11.8 Å². The molecule has 0 saturated heterocycles. The van der Waals surface area contributed by atoms with Crippen LogP contribution in [0.2, 0.25) is 0 Å². The summed E-state index contributed by atoms with van der Waals surface area (Å²) in [7, 11) is 0. The van der Waals surface area contributed by atoms with Crippen molar-refractivity contribution in [1.29, 1.82) is 5.41 Å². The van der Waals surface area contributed by atoms with Crippen LogP contribution in [0.15, 0.2) is 23.3 Å². The minimum absolute atomic E-state index is 0.0993. The van der Waals surface area contributed by atoms with Crippen LogP contribution >= 0.6 is 23.4 Å². The van der Waals surface area contributed by atoms with Crippen molar-refractivity contribution in [3.8, 4) is 0 Å². The minimum Gasteiger partial charge on any atom is -0.379 e. The Hall–Kier alpha value is -0.410. The number of thioether (sulfide) groups is 1. The molecule has 0 bridgehead atoms. The Labute approximate surface area is 76.0 Å². The Bertz CT molecular complexity index is 199. The van der Waals surface area contributed by atoms with E-state index in [4.69, 9.17) is 22.7 Å². The lowest BCUT2D eigenvalue weighted by molar-refractivity contribution is 1.47. The van der Waals surface area contributed by atoms with Gasteiger partial charge in [-0.15, -0.1) is 0 Å². The first-order valence-corrected chi connectivity index (χ1v) is 4.41. The van der Waals surface area contributed by atoms with Crippen LogP contribution in [0.25, 0.3) is 0 Å². The summed E-state index contributed by atoms with van der Waals surface area (Å²) in [6.45, 7) is 5.46. The Kier molecular flexibility index (Phi) is 5.07. The standard InChI is InChI=1S/C7H11ClN2S/c1-3-6(5(2)8)4-11-7(9)10/h3H,2,4H2,1H3,(H3,9,10). The van der Waals surface area contributed by atoms with Crippen LogP contribution in [0.1, 0.15) is 6.92 Å². The van der Waals surface area contributed by atoms with Gasteiger partial charge in [0, 0.05) is 10.8 Å². The van der Waals surface area contributed by atoms with Crippen LogP contribution in [0.4, 0.5) is 0 Å². The summed E-state index contributed by atoms with van der Waals surface area (Å²) < 4.78 is 0. The third kappa shape index (κ3) is 4.93. The van der Waals surface area contributed by atoms with E-state index in [2.05, 4.69) is 6.58 Å². The molecule has 0 radical (unpaired) electrons. The van der Waals surface area contributed by atoms with Gasteiger partial charge in [-0.1, -0.05) is 36.0 Å². The lowest BCUT2D eigenvalue weighted by atomic mass is 10.3. The summed E-state index contributed by atoms with van der Waals surface area (Å²) in [6.07, 6.45) is 1.87. The summed E-state index contributed by atoms with van der Waals surface area (Å²) in [5.74, 6) is 0.619. The third-order valence-electron chi connectivity index (χ3n) is 1.08. The largest absolute Gasteiger partial charge is 0.379 e. The van der Waals surface area contributed by atoms with Gasteiger partial charge in [0.25, 0.3) is 0 Å². The van der Waals surface area contributed by atoms with E-state index in [0.717, 1.165) is 5.57 Å². The molecule has 0 aromatic rings.